The van der Waals surface area contributed by atoms with Crippen LogP contribution in [0, 0.1) is 0 Å². The zero-order valence-corrected chi connectivity index (χ0v) is 23.9. The van der Waals surface area contributed by atoms with Gasteiger partial charge >= 0.3 is 0 Å². The highest BCUT2D eigenvalue weighted by atomic mass is 15.2. The molecule has 0 spiro atoms. The summed E-state index contributed by atoms with van der Waals surface area (Å²) < 4.78 is 4.71. The summed E-state index contributed by atoms with van der Waals surface area (Å²) in [4.78, 5) is 15.1. The second kappa shape index (κ2) is 9.89. The number of benzene rings is 5. The van der Waals surface area contributed by atoms with Gasteiger partial charge in [0.1, 0.15) is 0 Å². The van der Waals surface area contributed by atoms with E-state index in [9.17, 15) is 0 Å². The highest BCUT2D eigenvalue weighted by Crippen LogP contribution is 2.40. The van der Waals surface area contributed by atoms with Gasteiger partial charge in [-0.2, -0.15) is 9.97 Å². The number of hydrogen-bond acceptors (Lipinski definition) is 3. The molecule has 44 heavy (non-hydrogen) atoms. The molecule has 0 fully saturated rings. The van der Waals surface area contributed by atoms with Crippen molar-refractivity contribution in [3.05, 3.63) is 151 Å². The molecule has 0 bridgehead atoms. The fourth-order valence-corrected chi connectivity index (χ4v) is 6.80. The second-order valence-corrected chi connectivity index (χ2v) is 11.3. The van der Waals surface area contributed by atoms with Crippen LogP contribution in [0.5, 0.6) is 0 Å². The van der Waals surface area contributed by atoms with Gasteiger partial charge in [-0.1, -0.05) is 121 Å². The van der Waals surface area contributed by atoms with Gasteiger partial charge in [-0.15, -0.1) is 0 Å². The van der Waals surface area contributed by atoms with Crippen molar-refractivity contribution in [2.75, 3.05) is 0 Å². The highest BCUT2D eigenvalue weighted by molar-refractivity contribution is 6.08. The lowest BCUT2D eigenvalue weighted by Gasteiger charge is -2.22. The van der Waals surface area contributed by atoms with Gasteiger partial charge in [0.05, 0.1) is 17.3 Å². The third kappa shape index (κ3) is 3.83. The Morgan fingerprint density at radius 1 is 0.500 bits per heavy atom. The number of fused-ring (bicyclic) bond motifs is 6. The normalized spacial score (nSPS) is 14.4. The molecule has 9 rings (SSSR count). The first-order valence-corrected chi connectivity index (χ1v) is 15.0. The Bertz CT molecular complexity index is 2250. The summed E-state index contributed by atoms with van der Waals surface area (Å²) in [6.07, 6.45) is 5.47. The average Bonchev–Trinajstić information content (AvgIpc) is 3.61. The molecule has 5 nitrogen and oxygen atoms in total. The van der Waals surface area contributed by atoms with Crippen LogP contribution in [0.3, 0.4) is 0 Å². The van der Waals surface area contributed by atoms with Crippen LogP contribution in [0.1, 0.15) is 17.3 Å². The third-order valence-electron chi connectivity index (χ3n) is 8.75. The van der Waals surface area contributed by atoms with Crippen LogP contribution in [0.2, 0.25) is 0 Å². The Kier molecular flexibility index (Phi) is 5.56. The van der Waals surface area contributed by atoms with Crippen LogP contribution in [0.25, 0.3) is 67.5 Å². The molecule has 1 atom stereocenters. The maximum Gasteiger partial charge on any atom is 0.238 e. The monoisotopic (exact) mass is 565 g/mol. The van der Waals surface area contributed by atoms with Crippen LogP contribution in [0.4, 0.5) is 0 Å². The minimum atomic E-state index is 0.171. The van der Waals surface area contributed by atoms with E-state index in [0.29, 0.717) is 17.6 Å². The summed E-state index contributed by atoms with van der Waals surface area (Å²) in [6.45, 7) is 0. The van der Waals surface area contributed by atoms with Crippen molar-refractivity contribution >= 4 is 38.8 Å². The molecule has 0 radical (unpaired) electrons. The molecule has 0 N–H and O–H groups in total. The minimum absolute atomic E-state index is 0.171. The summed E-state index contributed by atoms with van der Waals surface area (Å²) in [6, 6.07) is 46.5. The molecule has 3 aromatic heterocycles. The van der Waals surface area contributed by atoms with Gasteiger partial charge in [-0.05, 0) is 36.3 Å². The standard InChI is InChI=1S/C39H27N5/c1-3-13-26(14-4-1)37-40-38(27-15-5-2-6-16-27)42-39(41-37)44-35-22-12-9-19-31(35)32-25-28(23-24-36(32)44)43-33-20-10-7-17-29(33)30-18-8-11-21-34(30)43/h1-24,28H,25H2. The molecule has 0 aliphatic heterocycles. The molecule has 208 valence electrons. The van der Waals surface area contributed by atoms with Gasteiger partial charge in [0, 0.05) is 38.3 Å². The summed E-state index contributed by atoms with van der Waals surface area (Å²) in [7, 11) is 0. The highest BCUT2D eigenvalue weighted by Gasteiger charge is 2.27. The van der Waals surface area contributed by atoms with Gasteiger partial charge < -0.3 is 4.57 Å². The Hall–Kier alpha value is -5.81. The molecule has 3 heterocycles. The molecule has 5 heteroatoms. The zero-order valence-electron chi connectivity index (χ0n) is 23.9. The number of nitrogens with zero attached hydrogens (tertiary/aromatic N) is 5. The summed E-state index contributed by atoms with van der Waals surface area (Å²) in [5.41, 5.74) is 7.95. The molecule has 0 saturated carbocycles. The van der Waals surface area contributed by atoms with Crippen LogP contribution in [-0.2, 0) is 6.42 Å². The molecule has 1 aliphatic carbocycles. The van der Waals surface area contributed by atoms with Gasteiger partial charge in [-0.3, -0.25) is 4.57 Å². The second-order valence-electron chi connectivity index (χ2n) is 11.3. The Morgan fingerprint density at radius 2 is 1.00 bits per heavy atom. The quantitative estimate of drug-likeness (QED) is 0.214. The van der Waals surface area contributed by atoms with Crippen LogP contribution < -0.4 is 0 Å². The van der Waals surface area contributed by atoms with Gasteiger partial charge in [0.2, 0.25) is 5.95 Å². The molecular weight excluding hydrogens is 538 g/mol. The van der Waals surface area contributed by atoms with Gasteiger partial charge in [0.25, 0.3) is 0 Å². The molecule has 5 aromatic carbocycles. The lowest BCUT2D eigenvalue weighted by Crippen LogP contribution is -2.14. The molecule has 0 saturated heterocycles. The van der Waals surface area contributed by atoms with Crippen LogP contribution in [-0.4, -0.2) is 24.1 Å². The SMILES string of the molecule is C1=CC(n2c3ccccc3c3ccccc32)Cc2c1n(-c1nc(-c3ccccc3)nc(-c3ccccc3)n1)c1ccccc21. The maximum absolute atomic E-state index is 5.08. The van der Waals surface area contributed by atoms with E-state index < -0.39 is 0 Å². The zero-order chi connectivity index (χ0) is 29.0. The number of para-hydroxylation sites is 3. The van der Waals surface area contributed by atoms with Crippen molar-refractivity contribution in [1.82, 2.24) is 24.1 Å². The number of aromatic nitrogens is 5. The first kappa shape index (κ1) is 24.8. The Labute approximate surface area is 254 Å². The van der Waals surface area contributed by atoms with Gasteiger partial charge in [-0.25, -0.2) is 4.98 Å². The van der Waals surface area contributed by atoms with E-state index in [1.807, 2.05) is 60.7 Å². The molecular formula is C39H27N5. The van der Waals surface area contributed by atoms with Crippen molar-refractivity contribution in [1.29, 1.82) is 0 Å². The van der Waals surface area contributed by atoms with E-state index in [0.717, 1.165) is 28.8 Å². The molecule has 0 amide bonds. The van der Waals surface area contributed by atoms with E-state index >= 15 is 0 Å². The smallest absolute Gasteiger partial charge is 0.238 e. The number of hydrogen-bond donors (Lipinski definition) is 0. The minimum Gasteiger partial charge on any atom is -0.333 e. The van der Waals surface area contributed by atoms with Crippen molar-refractivity contribution in [2.45, 2.75) is 12.5 Å². The third-order valence-corrected chi connectivity index (χ3v) is 8.75. The van der Waals surface area contributed by atoms with E-state index in [4.69, 9.17) is 15.0 Å². The summed E-state index contributed by atoms with van der Waals surface area (Å²) in [5.74, 6) is 1.93. The fourth-order valence-electron chi connectivity index (χ4n) is 6.80. The Morgan fingerprint density at radius 3 is 1.59 bits per heavy atom. The predicted octanol–water partition coefficient (Wildman–Crippen LogP) is 9.07. The summed E-state index contributed by atoms with van der Waals surface area (Å²) >= 11 is 0. The molecule has 1 aliphatic rings. The predicted molar refractivity (Wildman–Crippen MR) is 179 cm³/mol. The van der Waals surface area contributed by atoms with Crippen LogP contribution in [0.15, 0.2) is 140 Å². The van der Waals surface area contributed by atoms with E-state index in [1.165, 1.54) is 32.8 Å². The van der Waals surface area contributed by atoms with Crippen molar-refractivity contribution in [2.24, 2.45) is 0 Å². The Balaban J connectivity index is 1.26. The molecule has 1 unspecified atom stereocenters. The lowest BCUT2D eigenvalue weighted by molar-refractivity contribution is 0.636. The fraction of sp³-hybridized carbons (Fsp3) is 0.0513. The summed E-state index contributed by atoms with van der Waals surface area (Å²) in [5, 5.41) is 3.80. The van der Waals surface area contributed by atoms with Crippen LogP contribution >= 0.6 is 0 Å². The van der Waals surface area contributed by atoms with Crippen molar-refractivity contribution < 1.29 is 0 Å². The van der Waals surface area contributed by atoms with Crippen molar-refractivity contribution in [3.63, 3.8) is 0 Å². The van der Waals surface area contributed by atoms with Gasteiger partial charge in [0.15, 0.2) is 11.6 Å². The average molecular weight is 566 g/mol. The van der Waals surface area contributed by atoms with Crippen molar-refractivity contribution in [3.8, 4) is 28.7 Å². The van der Waals surface area contributed by atoms with E-state index in [1.54, 1.807) is 0 Å². The lowest BCUT2D eigenvalue weighted by atomic mass is 9.96. The largest absolute Gasteiger partial charge is 0.333 e. The first-order valence-electron chi connectivity index (χ1n) is 15.0. The first-order chi connectivity index (χ1) is 21.8. The van der Waals surface area contributed by atoms with E-state index in [-0.39, 0.29) is 6.04 Å². The topological polar surface area (TPSA) is 48.5 Å². The van der Waals surface area contributed by atoms with E-state index in [2.05, 4.69) is 94.1 Å². The maximum atomic E-state index is 5.08. The number of rotatable bonds is 4. The number of allylic oxidation sites excluding steroid dienone is 1. The molecule has 8 aromatic rings.